The number of halogens is 3. The number of aromatic nitrogens is 1. The van der Waals surface area contributed by atoms with E-state index in [0.29, 0.717) is 42.5 Å². The number of aryl methyl sites for hydroxylation is 1. The summed E-state index contributed by atoms with van der Waals surface area (Å²) in [6, 6.07) is 26.9. The van der Waals surface area contributed by atoms with Gasteiger partial charge in [-0.05, 0) is 84.5 Å². The van der Waals surface area contributed by atoms with Crippen molar-refractivity contribution in [3.63, 3.8) is 0 Å². The van der Waals surface area contributed by atoms with Gasteiger partial charge in [-0.2, -0.15) is 0 Å². The molecule has 7 rings (SSSR count). The van der Waals surface area contributed by atoms with Crippen molar-refractivity contribution in [2.75, 3.05) is 6.61 Å². The van der Waals surface area contributed by atoms with Gasteiger partial charge in [0, 0.05) is 26.2 Å². The Morgan fingerprint density at radius 3 is 2.51 bits per heavy atom. The molecule has 1 aliphatic heterocycles. The Hall–Kier alpha value is -3.81. The fraction of sp³-hybridized carbons (Fsp3) is 0.167. The highest BCUT2D eigenvalue weighted by atomic mass is 35.5. The fourth-order valence-corrected chi connectivity index (χ4v) is 7.51. The first-order valence-electron chi connectivity index (χ1n) is 14.6. The lowest BCUT2D eigenvalue weighted by atomic mass is 9.83. The van der Waals surface area contributed by atoms with Gasteiger partial charge in [0.05, 0.1) is 22.9 Å². The number of nitrogens with zero attached hydrogens (tertiary/aromatic N) is 2. The van der Waals surface area contributed by atoms with Crippen LogP contribution in [0.2, 0.25) is 15.1 Å². The number of allylic oxidation sites excluding steroid dienone is 1. The Labute approximate surface area is 279 Å². The van der Waals surface area contributed by atoms with Crippen molar-refractivity contribution in [1.29, 1.82) is 0 Å². The Balaban J connectivity index is 1.30. The average Bonchev–Trinajstić information content (AvgIpc) is 3.35. The van der Waals surface area contributed by atoms with Gasteiger partial charge >= 0.3 is 0 Å². The molecular weight excluding hydrogens is 647 g/mol. The van der Waals surface area contributed by atoms with Crippen LogP contribution in [0.15, 0.2) is 100 Å². The second-order valence-corrected chi connectivity index (χ2v) is 13.1. The van der Waals surface area contributed by atoms with Gasteiger partial charge in [0.15, 0.2) is 16.3 Å². The highest BCUT2D eigenvalue weighted by molar-refractivity contribution is 7.07. The first kappa shape index (κ1) is 29.9. The Morgan fingerprint density at radius 2 is 1.71 bits per heavy atom. The standard InChI is InChI=1S/C36H27Cl3N2O3S/c1-2-43-31-17-21(7-16-30(31)44-20-24-10-14-26(38)19-29(24)39)18-32-35(42)41-34(23-8-12-25(37)13-9-23)28-15-11-22-5-3-4-6-27(22)33(28)40-36(41)45-32/h3-10,12-14,16-19,34H,2,11,15,20H2,1H3/b32-18+/t34-/m0/s1. The molecule has 1 aliphatic carbocycles. The van der Waals surface area contributed by atoms with Crippen molar-refractivity contribution in [3.05, 3.63) is 153 Å². The minimum absolute atomic E-state index is 0.0835. The van der Waals surface area contributed by atoms with Crippen molar-refractivity contribution in [2.45, 2.75) is 32.4 Å². The third-order valence-electron chi connectivity index (χ3n) is 8.02. The number of hydrogen-bond donors (Lipinski definition) is 0. The van der Waals surface area contributed by atoms with Gasteiger partial charge in [-0.1, -0.05) is 94.7 Å². The normalized spacial score (nSPS) is 15.6. The molecule has 5 nitrogen and oxygen atoms in total. The fourth-order valence-electron chi connectivity index (χ4n) is 5.92. The average molecular weight is 674 g/mol. The smallest absolute Gasteiger partial charge is 0.271 e. The molecule has 2 aliphatic rings. The lowest BCUT2D eigenvalue weighted by Crippen LogP contribution is -2.38. The van der Waals surface area contributed by atoms with Crippen molar-refractivity contribution in [2.24, 2.45) is 4.99 Å². The van der Waals surface area contributed by atoms with E-state index in [2.05, 4.69) is 18.2 Å². The molecule has 45 heavy (non-hydrogen) atoms. The molecule has 0 amide bonds. The Bertz CT molecular complexity index is 2150. The number of hydrogen-bond acceptors (Lipinski definition) is 5. The molecule has 9 heteroatoms. The second kappa shape index (κ2) is 12.5. The van der Waals surface area contributed by atoms with Gasteiger partial charge < -0.3 is 9.47 Å². The molecule has 4 aromatic carbocycles. The molecule has 0 radical (unpaired) electrons. The third kappa shape index (κ3) is 5.84. The van der Waals surface area contributed by atoms with Crippen molar-refractivity contribution < 1.29 is 9.47 Å². The lowest BCUT2D eigenvalue weighted by molar-refractivity contribution is 0.269. The van der Waals surface area contributed by atoms with Crippen LogP contribution in [0.4, 0.5) is 0 Å². The molecule has 0 unspecified atom stereocenters. The number of rotatable bonds is 7. The Morgan fingerprint density at radius 1 is 0.911 bits per heavy atom. The molecule has 1 aromatic heterocycles. The first-order valence-corrected chi connectivity index (χ1v) is 16.6. The topological polar surface area (TPSA) is 52.8 Å². The van der Waals surface area contributed by atoms with Crippen molar-refractivity contribution >= 4 is 57.9 Å². The molecular formula is C36H27Cl3N2O3S. The monoisotopic (exact) mass is 672 g/mol. The zero-order valence-electron chi connectivity index (χ0n) is 24.2. The quantitative estimate of drug-likeness (QED) is 0.175. The van der Waals surface area contributed by atoms with Gasteiger partial charge in [0.25, 0.3) is 5.56 Å². The van der Waals surface area contributed by atoms with E-state index in [0.717, 1.165) is 46.4 Å². The summed E-state index contributed by atoms with van der Waals surface area (Å²) in [5, 5.41) is 1.76. The molecule has 0 N–H and O–H groups in total. The van der Waals surface area contributed by atoms with Gasteiger partial charge in [-0.3, -0.25) is 9.36 Å². The molecule has 0 saturated heterocycles. The summed E-state index contributed by atoms with van der Waals surface area (Å²) in [5.74, 6) is 1.16. The predicted molar refractivity (Wildman–Crippen MR) is 183 cm³/mol. The molecule has 2 heterocycles. The summed E-state index contributed by atoms with van der Waals surface area (Å²) in [6.45, 7) is 2.63. The van der Waals surface area contributed by atoms with E-state index in [1.165, 1.54) is 16.9 Å². The largest absolute Gasteiger partial charge is 0.490 e. The molecule has 0 saturated carbocycles. The molecule has 226 valence electrons. The van der Waals surface area contributed by atoms with Gasteiger partial charge in [0.1, 0.15) is 6.61 Å². The van der Waals surface area contributed by atoms with Crippen LogP contribution in [0.25, 0.3) is 11.8 Å². The SMILES string of the molecule is CCOc1cc(/C=c2/sc3n(c2=O)[C@@H](c2ccc(Cl)cc2)C2=C(N=3)c3ccccc3CC2)ccc1OCc1ccc(Cl)cc1Cl. The predicted octanol–water partition coefficient (Wildman–Crippen LogP) is 8.26. The van der Waals surface area contributed by atoms with E-state index < -0.39 is 0 Å². The van der Waals surface area contributed by atoms with E-state index in [1.807, 2.05) is 72.2 Å². The van der Waals surface area contributed by atoms with Crippen LogP contribution in [-0.2, 0) is 13.0 Å². The number of fused-ring (bicyclic) bond motifs is 3. The van der Waals surface area contributed by atoms with Crippen molar-refractivity contribution in [3.8, 4) is 11.5 Å². The van der Waals surface area contributed by atoms with Crippen molar-refractivity contribution in [1.82, 2.24) is 4.57 Å². The van der Waals surface area contributed by atoms with Crippen LogP contribution in [0, 0.1) is 0 Å². The summed E-state index contributed by atoms with van der Waals surface area (Å²) >= 11 is 20.0. The maximum absolute atomic E-state index is 14.1. The van der Waals surface area contributed by atoms with Gasteiger partial charge in [-0.15, -0.1) is 0 Å². The molecule has 0 bridgehead atoms. The maximum Gasteiger partial charge on any atom is 0.271 e. The number of thiazole rings is 1. The van der Waals surface area contributed by atoms with Crippen LogP contribution in [0.5, 0.6) is 11.5 Å². The first-order chi connectivity index (χ1) is 21.9. The number of ether oxygens (including phenoxy) is 2. The van der Waals surface area contributed by atoms with E-state index >= 15 is 0 Å². The Kier molecular flexibility index (Phi) is 8.32. The summed E-state index contributed by atoms with van der Waals surface area (Å²) in [6.07, 6.45) is 3.62. The van der Waals surface area contributed by atoms with E-state index in [1.54, 1.807) is 12.1 Å². The second-order valence-electron chi connectivity index (χ2n) is 10.8. The van der Waals surface area contributed by atoms with Crippen LogP contribution in [0.1, 0.15) is 47.2 Å². The number of benzene rings is 4. The highest BCUT2D eigenvalue weighted by Gasteiger charge is 2.32. The van der Waals surface area contributed by atoms with E-state index in [9.17, 15) is 4.79 Å². The van der Waals surface area contributed by atoms with Crippen LogP contribution in [0.3, 0.4) is 0 Å². The molecule has 5 aromatic rings. The van der Waals surface area contributed by atoms with Crippen LogP contribution in [-0.4, -0.2) is 11.2 Å². The summed E-state index contributed by atoms with van der Waals surface area (Å²) in [5.41, 5.74) is 7.08. The molecule has 1 atom stereocenters. The van der Waals surface area contributed by atoms with Gasteiger partial charge in [0.2, 0.25) is 0 Å². The maximum atomic E-state index is 14.1. The molecule has 0 fully saturated rings. The third-order valence-corrected chi connectivity index (χ3v) is 9.84. The van der Waals surface area contributed by atoms with Gasteiger partial charge in [-0.25, -0.2) is 4.99 Å². The highest BCUT2D eigenvalue weighted by Crippen LogP contribution is 2.41. The minimum Gasteiger partial charge on any atom is -0.490 e. The summed E-state index contributed by atoms with van der Waals surface area (Å²) < 4.78 is 14.4. The summed E-state index contributed by atoms with van der Waals surface area (Å²) in [7, 11) is 0. The lowest BCUT2D eigenvalue weighted by Gasteiger charge is -2.30. The van der Waals surface area contributed by atoms with Crippen LogP contribution >= 0.6 is 46.1 Å². The van der Waals surface area contributed by atoms with Crippen LogP contribution < -0.4 is 24.4 Å². The zero-order chi connectivity index (χ0) is 31.1. The molecule has 0 spiro atoms. The van der Waals surface area contributed by atoms with E-state index in [4.69, 9.17) is 49.3 Å². The zero-order valence-corrected chi connectivity index (χ0v) is 27.3. The summed E-state index contributed by atoms with van der Waals surface area (Å²) in [4.78, 5) is 19.9. The van der Waals surface area contributed by atoms with E-state index in [-0.39, 0.29) is 18.2 Å². The minimum atomic E-state index is -0.265.